The van der Waals surface area contributed by atoms with Crippen LogP contribution in [-0.4, -0.2) is 4.57 Å². The van der Waals surface area contributed by atoms with Crippen LogP contribution in [0.2, 0.25) is 0 Å². The molecular weight excluding hydrogens is 225 g/mol. The summed E-state index contributed by atoms with van der Waals surface area (Å²) >= 11 is 0. The molecule has 18 heavy (non-hydrogen) atoms. The van der Waals surface area contributed by atoms with Crippen LogP contribution in [0.4, 0.5) is 4.39 Å². The largest absolute Gasteiger partial charge is 0.347 e. The van der Waals surface area contributed by atoms with Crippen LogP contribution in [0.1, 0.15) is 25.7 Å². The van der Waals surface area contributed by atoms with Crippen molar-refractivity contribution >= 4 is 10.9 Å². The first-order valence-electron chi connectivity index (χ1n) is 7.04. The molecule has 4 rings (SSSR count). The molecule has 0 spiro atoms. The van der Waals surface area contributed by atoms with Gasteiger partial charge in [0.1, 0.15) is 5.82 Å². The zero-order valence-corrected chi connectivity index (χ0v) is 10.5. The third-order valence-corrected chi connectivity index (χ3v) is 5.08. The smallest absolute Gasteiger partial charge is 0.132 e. The van der Waals surface area contributed by atoms with Crippen LogP contribution in [0.15, 0.2) is 30.5 Å². The van der Waals surface area contributed by atoms with E-state index in [1.807, 2.05) is 18.2 Å². The summed E-state index contributed by atoms with van der Waals surface area (Å²) in [5, 5.41) is 0.764. The molecule has 1 heterocycles. The summed E-state index contributed by atoms with van der Waals surface area (Å²) in [7, 11) is 0. The lowest BCUT2D eigenvalue weighted by Gasteiger charge is -2.22. The van der Waals surface area contributed by atoms with Crippen LogP contribution in [-0.2, 0) is 6.54 Å². The van der Waals surface area contributed by atoms with E-state index in [1.165, 1.54) is 25.7 Å². The Labute approximate surface area is 107 Å². The molecule has 94 valence electrons. The van der Waals surface area contributed by atoms with Crippen molar-refractivity contribution in [2.24, 2.45) is 17.8 Å². The van der Waals surface area contributed by atoms with E-state index in [-0.39, 0.29) is 5.82 Å². The van der Waals surface area contributed by atoms with E-state index in [2.05, 4.69) is 10.8 Å². The Morgan fingerprint density at radius 1 is 1.17 bits per heavy atom. The molecule has 0 saturated heterocycles. The maximum atomic E-state index is 13.6. The van der Waals surface area contributed by atoms with Crippen LogP contribution in [0, 0.1) is 23.6 Å². The summed E-state index contributed by atoms with van der Waals surface area (Å²) in [4.78, 5) is 0. The third kappa shape index (κ3) is 1.51. The van der Waals surface area contributed by atoms with Gasteiger partial charge in [-0.15, -0.1) is 0 Å². The number of hydrogen-bond acceptors (Lipinski definition) is 0. The predicted molar refractivity (Wildman–Crippen MR) is 70.8 cm³/mol. The van der Waals surface area contributed by atoms with Crippen LogP contribution >= 0.6 is 0 Å². The van der Waals surface area contributed by atoms with E-state index in [1.54, 1.807) is 6.07 Å². The first-order chi connectivity index (χ1) is 8.81. The fraction of sp³-hybridized carbons (Fsp3) is 0.500. The summed E-state index contributed by atoms with van der Waals surface area (Å²) in [6.07, 6.45) is 7.75. The normalized spacial score (nSPS) is 30.4. The Kier molecular flexibility index (Phi) is 2.26. The van der Waals surface area contributed by atoms with Crippen LogP contribution in [0.3, 0.4) is 0 Å². The molecular formula is C16H18FN. The number of nitrogens with zero attached hydrogens (tertiary/aromatic N) is 1. The van der Waals surface area contributed by atoms with Crippen molar-refractivity contribution in [3.63, 3.8) is 0 Å². The average Bonchev–Trinajstić information content (AvgIpc) is 3.05. The van der Waals surface area contributed by atoms with Gasteiger partial charge in [0.25, 0.3) is 0 Å². The van der Waals surface area contributed by atoms with E-state index in [9.17, 15) is 4.39 Å². The molecule has 0 amide bonds. The van der Waals surface area contributed by atoms with Crippen molar-refractivity contribution in [3.8, 4) is 0 Å². The molecule has 1 aromatic heterocycles. The Hall–Kier alpha value is -1.31. The predicted octanol–water partition coefficient (Wildman–Crippen LogP) is 4.22. The lowest BCUT2D eigenvalue weighted by atomic mass is 9.89. The second kappa shape index (κ2) is 3.84. The zero-order chi connectivity index (χ0) is 12.1. The van der Waals surface area contributed by atoms with E-state index in [4.69, 9.17) is 0 Å². The topological polar surface area (TPSA) is 4.93 Å². The summed E-state index contributed by atoms with van der Waals surface area (Å²) in [6.45, 7) is 1.08. The highest BCUT2D eigenvalue weighted by molar-refractivity contribution is 5.80. The number of halogens is 1. The maximum Gasteiger partial charge on any atom is 0.132 e. The molecule has 2 bridgehead atoms. The van der Waals surface area contributed by atoms with Gasteiger partial charge >= 0.3 is 0 Å². The molecule has 1 aromatic carbocycles. The molecule has 2 aliphatic carbocycles. The maximum absolute atomic E-state index is 13.6. The lowest BCUT2D eigenvalue weighted by molar-refractivity contribution is 0.299. The molecule has 2 heteroatoms. The number of hydrogen-bond donors (Lipinski definition) is 0. The van der Waals surface area contributed by atoms with Gasteiger partial charge in [0.15, 0.2) is 0 Å². The molecule has 0 radical (unpaired) electrons. The van der Waals surface area contributed by atoms with Gasteiger partial charge < -0.3 is 4.57 Å². The molecule has 2 aromatic rings. The van der Waals surface area contributed by atoms with E-state index in [0.29, 0.717) is 0 Å². The van der Waals surface area contributed by atoms with Crippen molar-refractivity contribution in [1.29, 1.82) is 0 Å². The van der Waals surface area contributed by atoms with Crippen LogP contribution in [0.25, 0.3) is 10.9 Å². The van der Waals surface area contributed by atoms with Gasteiger partial charge in [-0.25, -0.2) is 4.39 Å². The Morgan fingerprint density at radius 3 is 2.89 bits per heavy atom. The molecule has 1 nitrogen and oxygen atoms in total. The molecule has 2 saturated carbocycles. The molecule has 2 fully saturated rings. The second-order valence-corrected chi connectivity index (χ2v) is 6.08. The highest BCUT2D eigenvalue weighted by atomic mass is 19.1. The zero-order valence-electron chi connectivity index (χ0n) is 10.5. The summed E-state index contributed by atoms with van der Waals surface area (Å²) in [5.74, 6) is 2.64. The molecule has 2 aliphatic rings. The van der Waals surface area contributed by atoms with Crippen molar-refractivity contribution in [1.82, 2.24) is 4.57 Å². The fourth-order valence-electron chi connectivity index (χ4n) is 4.20. The van der Waals surface area contributed by atoms with Crippen molar-refractivity contribution in [2.45, 2.75) is 32.2 Å². The second-order valence-electron chi connectivity index (χ2n) is 6.08. The molecule has 3 unspecified atom stereocenters. The van der Waals surface area contributed by atoms with Gasteiger partial charge in [-0.2, -0.15) is 0 Å². The first-order valence-corrected chi connectivity index (χ1v) is 7.04. The van der Waals surface area contributed by atoms with Crippen molar-refractivity contribution < 1.29 is 4.39 Å². The third-order valence-electron chi connectivity index (χ3n) is 5.08. The van der Waals surface area contributed by atoms with Gasteiger partial charge in [-0.1, -0.05) is 12.5 Å². The first kappa shape index (κ1) is 10.6. The summed E-state index contributed by atoms with van der Waals surface area (Å²) in [5.41, 5.74) is 1.05. The van der Waals surface area contributed by atoms with Crippen LogP contribution in [0.5, 0.6) is 0 Å². The number of aromatic nitrogens is 1. The Balaban J connectivity index is 1.65. The van der Waals surface area contributed by atoms with Gasteiger partial charge in [0.05, 0.1) is 5.52 Å². The molecule has 0 N–H and O–H groups in total. The minimum atomic E-state index is -0.0980. The van der Waals surface area contributed by atoms with E-state index in [0.717, 1.165) is 35.2 Å². The molecule has 0 aliphatic heterocycles. The minimum absolute atomic E-state index is 0.0980. The van der Waals surface area contributed by atoms with E-state index >= 15 is 0 Å². The van der Waals surface area contributed by atoms with Crippen molar-refractivity contribution in [2.75, 3.05) is 0 Å². The fourth-order valence-corrected chi connectivity index (χ4v) is 4.20. The van der Waals surface area contributed by atoms with Crippen molar-refractivity contribution in [3.05, 3.63) is 36.3 Å². The summed E-state index contributed by atoms with van der Waals surface area (Å²) < 4.78 is 15.9. The van der Waals surface area contributed by atoms with Gasteiger partial charge in [0.2, 0.25) is 0 Å². The standard InChI is InChI=1S/C16H18FN/c17-15-2-1-3-16-14(15)6-7-18(16)10-13-9-11-4-5-12(13)8-11/h1-3,6-7,11-13H,4-5,8-10H2. The SMILES string of the molecule is Fc1cccc2c1ccn2CC1CC2CCC1C2. The number of benzene rings is 1. The lowest BCUT2D eigenvalue weighted by Crippen LogP contribution is -2.16. The van der Waals surface area contributed by atoms with Crippen LogP contribution < -0.4 is 0 Å². The quantitative estimate of drug-likeness (QED) is 0.744. The highest BCUT2D eigenvalue weighted by Gasteiger charge is 2.39. The van der Waals surface area contributed by atoms with Gasteiger partial charge in [-0.3, -0.25) is 0 Å². The summed E-state index contributed by atoms with van der Waals surface area (Å²) in [6, 6.07) is 7.31. The monoisotopic (exact) mass is 243 g/mol. The molecule has 3 atom stereocenters. The number of rotatable bonds is 2. The van der Waals surface area contributed by atoms with E-state index < -0.39 is 0 Å². The Bertz CT molecular complexity index is 586. The van der Waals surface area contributed by atoms with Gasteiger partial charge in [-0.05, 0) is 55.2 Å². The average molecular weight is 243 g/mol. The Morgan fingerprint density at radius 2 is 2.11 bits per heavy atom. The number of fused-ring (bicyclic) bond motifs is 3. The highest BCUT2D eigenvalue weighted by Crippen LogP contribution is 2.49. The van der Waals surface area contributed by atoms with Gasteiger partial charge in [0, 0.05) is 18.1 Å². The minimum Gasteiger partial charge on any atom is -0.347 e.